The molecule has 2 aliphatic rings. The maximum atomic E-state index is 4.51. The molecule has 2 N–H and O–H groups in total. The zero-order valence-electron chi connectivity index (χ0n) is 11.2. The van der Waals surface area contributed by atoms with Crippen molar-refractivity contribution in [1.29, 1.82) is 0 Å². The van der Waals surface area contributed by atoms with Gasteiger partial charge in [-0.2, -0.15) is 0 Å². The van der Waals surface area contributed by atoms with Crippen LogP contribution in [-0.4, -0.2) is 24.6 Å². The van der Waals surface area contributed by atoms with Crippen molar-refractivity contribution < 1.29 is 0 Å². The fraction of sp³-hybridized carbons (Fsp3) is 0.923. The number of aliphatic imine (C=N–C) groups is 1. The standard InChI is InChI=1S/C13H25N3.HI/c1-4-6-10-8-12(10)16-13(14-5-2)15-11-7-9(11)3;/h9-12H,4-8H2,1-3H3,(H2,14,15,16);1H. The molecule has 2 rings (SSSR count). The van der Waals surface area contributed by atoms with Crippen LogP contribution in [0, 0.1) is 11.8 Å². The maximum absolute atomic E-state index is 4.51. The first kappa shape index (κ1) is 15.1. The quantitative estimate of drug-likeness (QED) is 0.454. The Balaban J connectivity index is 0.00000144. The van der Waals surface area contributed by atoms with Gasteiger partial charge in [-0.15, -0.1) is 24.0 Å². The van der Waals surface area contributed by atoms with E-state index in [-0.39, 0.29) is 24.0 Å². The van der Waals surface area contributed by atoms with Gasteiger partial charge in [-0.05, 0) is 38.0 Å². The number of guanidine groups is 1. The predicted molar refractivity (Wildman–Crippen MR) is 84.0 cm³/mol. The monoisotopic (exact) mass is 351 g/mol. The van der Waals surface area contributed by atoms with Crippen LogP contribution in [0.2, 0.25) is 0 Å². The van der Waals surface area contributed by atoms with E-state index in [1.165, 1.54) is 25.7 Å². The number of rotatable bonds is 5. The summed E-state index contributed by atoms with van der Waals surface area (Å²) in [4.78, 5) is 4.51. The fourth-order valence-corrected chi connectivity index (χ4v) is 2.28. The zero-order valence-corrected chi connectivity index (χ0v) is 13.5. The molecule has 4 unspecified atom stereocenters. The second kappa shape index (κ2) is 6.81. The summed E-state index contributed by atoms with van der Waals surface area (Å²) in [6.07, 6.45) is 5.29. The topological polar surface area (TPSA) is 36.4 Å². The molecule has 0 bridgehead atoms. The molecule has 0 aromatic carbocycles. The Morgan fingerprint density at radius 1 is 1.18 bits per heavy atom. The zero-order chi connectivity index (χ0) is 11.5. The predicted octanol–water partition coefficient (Wildman–Crippen LogP) is 2.76. The second-order valence-electron chi connectivity index (χ2n) is 5.32. The van der Waals surface area contributed by atoms with Crippen molar-refractivity contribution in [2.24, 2.45) is 16.8 Å². The van der Waals surface area contributed by atoms with Crippen LogP contribution in [0.3, 0.4) is 0 Å². The van der Waals surface area contributed by atoms with E-state index in [2.05, 4.69) is 36.4 Å². The number of nitrogens with zero attached hydrogens (tertiary/aromatic N) is 1. The Hall–Kier alpha value is 0. The molecule has 2 saturated carbocycles. The van der Waals surface area contributed by atoms with Gasteiger partial charge in [0.05, 0.1) is 0 Å². The van der Waals surface area contributed by atoms with Gasteiger partial charge in [-0.3, -0.25) is 4.99 Å². The van der Waals surface area contributed by atoms with Gasteiger partial charge in [0.25, 0.3) is 0 Å². The molecule has 0 spiro atoms. The van der Waals surface area contributed by atoms with Gasteiger partial charge in [-0.1, -0.05) is 20.3 Å². The van der Waals surface area contributed by atoms with E-state index in [0.29, 0.717) is 12.1 Å². The molecular formula is C13H26IN3. The minimum atomic E-state index is 0. The summed E-state index contributed by atoms with van der Waals surface area (Å²) < 4.78 is 0. The third-order valence-electron chi connectivity index (χ3n) is 3.65. The summed E-state index contributed by atoms with van der Waals surface area (Å²) >= 11 is 0. The van der Waals surface area contributed by atoms with Gasteiger partial charge in [0.2, 0.25) is 0 Å². The summed E-state index contributed by atoms with van der Waals surface area (Å²) in [7, 11) is 0. The van der Waals surface area contributed by atoms with Crippen molar-refractivity contribution in [3.8, 4) is 0 Å². The molecule has 0 amide bonds. The summed E-state index contributed by atoms with van der Waals surface area (Å²) in [6, 6.07) is 1.35. The molecular weight excluding hydrogens is 325 g/mol. The third kappa shape index (κ3) is 4.64. The van der Waals surface area contributed by atoms with Crippen molar-refractivity contribution in [3.63, 3.8) is 0 Å². The van der Waals surface area contributed by atoms with Crippen LogP contribution in [-0.2, 0) is 0 Å². The van der Waals surface area contributed by atoms with Crippen LogP contribution in [0.25, 0.3) is 0 Å². The highest BCUT2D eigenvalue weighted by Crippen LogP contribution is 2.34. The van der Waals surface area contributed by atoms with Crippen molar-refractivity contribution in [2.75, 3.05) is 6.54 Å². The highest BCUT2D eigenvalue weighted by atomic mass is 127. The van der Waals surface area contributed by atoms with E-state index >= 15 is 0 Å². The summed E-state index contributed by atoms with van der Waals surface area (Å²) in [5.41, 5.74) is 0. The lowest BCUT2D eigenvalue weighted by atomic mass is 10.2. The van der Waals surface area contributed by atoms with E-state index in [0.717, 1.165) is 24.3 Å². The van der Waals surface area contributed by atoms with Crippen molar-refractivity contribution in [2.45, 2.75) is 58.5 Å². The fourth-order valence-electron chi connectivity index (χ4n) is 2.28. The Kier molecular flexibility index (Phi) is 6.03. The molecule has 0 aromatic rings. The van der Waals surface area contributed by atoms with Gasteiger partial charge < -0.3 is 10.6 Å². The van der Waals surface area contributed by atoms with Crippen molar-refractivity contribution in [1.82, 2.24) is 10.6 Å². The first-order valence-corrected chi connectivity index (χ1v) is 6.82. The van der Waals surface area contributed by atoms with Crippen LogP contribution in [0.4, 0.5) is 0 Å². The number of hydrogen-bond acceptors (Lipinski definition) is 1. The molecule has 100 valence electrons. The van der Waals surface area contributed by atoms with Crippen LogP contribution >= 0.6 is 24.0 Å². The first-order valence-electron chi connectivity index (χ1n) is 6.82. The third-order valence-corrected chi connectivity index (χ3v) is 3.65. The van der Waals surface area contributed by atoms with Gasteiger partial charge in [0.15, 0.2) is 5.96 Å². The molecule has 3 nitrogen and oxygen atoms in total. The van der Waals surface area contributed by atoms with E-state index in [9.17, 15) is 0 Å². The normalized spacial score (nSPS) is 34.9. The van der Waals surface area contributed by atoms with Gasteiger partial charge in [-0.25, -0.2) is 0 Å². The minimum absolute atomic E-state index is 0. The van der Waals surface area contributed by atoms with Crippen LogP contribution in [0.5, 0.6) is 0 Å². The highest BCUT2D eigenvalue weighted by Gasteiger charge is 2.38. The average Bonchev–Trinajstić information content (AvgIpc) is 3.11. The van der Waals surface area contributed by atoms with E-state index in [1.807, 2.05) is 0 Å². The molecule has 0 radical (unpaired) electrons. The lowest BCUT2D eigenvalue weighted by Crippen LogP contribution is -2.41. The Bertz CT molecular complexity index is 267. The molecule has 0 saturated heterocycles. The Morgan fingerprint density at radius 3 is 2.35 bits per heavy atom. The van der Waals surface area contributed by atoms with E-state index < -0.39 is 0 Å². The molecule has 0 aliphatic heterocycles. The molecule has 2 fully saturated rings. The van der Waals surface area contributed by atoms with Gasteiger partial charge >= 0.3 is 0 Å². The first-order chi connectivity index (χ1) is 7.74. The molecule has 4 atom stereocenters. The van der Waals surface area contributed by atoms with Crippen molar-refractivity contribution in [3.05, 3.63) is 0 Å². The smallest absolute Gasteiger partial charge is 0.191 e. The highest BCUT2D eigenvalue weighted by molar-refractivity contribution is 14.0. The van der Waals surface area contributed by atoms with E-state index in [4.69, 9.17) is 0 Å². The molecule has 2 aliphatic carbocycles. The number of hydrogen-bond donors (Lipinski definition) is 2. The summed E-state index contributed by atoms with van der Waals surface area (Å²) in [5.74, 6) is 2.76. The minimum Gasteiger partial charge on any atom is -0.353 e. The molecule has 4 heteroatoms. The molecule has 0 aromatic heterocycles. The number of nitrogens with one attached hydrogen (secondary N) is 2. The lowest BCUT2D eigenvalue weighted by molar-refractivity contribution is 0.652. The molecule has 0 heterocycles. The van der Waals surface area contributed by atoms with Crippen LogP contribution < -0.4 is 10.6 Å². The maximum Gasteiger partial charge on any atom is 0.191 e. The SMILES string of the molecule is CCCC1CC1NC(=NCC)NC1CC1C.I. The lowest BCUT2D eigenvalue weighted by Gasteiger charge is -2.11. The van der Waals surface area contributed by atoms with Crippen LogP contribution in [0.1, 0.15) is 46.5 Å². The average molecular weight is 351 g/mol. The van der Waals surface area contributed by atoms with E-state index in [1.54, 1.807) is 0 Å². The second-order valence-corrected chi connectivity index (χ2v) is 5.32. The Labute approximate surface area is 122 Å². The van der Waals surface area contributed by atoms with Crippen LogP contribution in [0.15, 0.2) is 4.99 Å². The summed E-state index contributed by atoms with van der Waals surface area (Å²) in [5, 5.41) is 7.07. The van der Waals surface area contributed by atoms with Gasteiger partial charge in [0, 0.05) is 18.6 Å². The summed E-state index contributed by atoms with van der Waals surface area (Å²) in [6.45, 7) is 7.51. The number of halogens is 1. The van der Waals surface area contributed by atoms with Crippen molar-refractivity contribution >= 4 is 29.9 Å². The van der Waals surface area contributed by atoms with Gasteiger partial charge in [0.1, 0.15) is 0 Å². The molecule has 17 heavy (non-hydrogen) atoms. The Morgan fingerprint density at radius 2 is 1.82 bits per heavy atom. The largest absolute Gasteiger partial charge is 0.353 e.